The van der Waals surface area contributed by atoms with Crippen molar-refractivity contribution in [3.8, 4) is 0 Å². The Hall–Kier alpha value is -0.363. The van der Waals surface area contributed by atoms with Gasteiger partial charge in [0.15, 0.2) is 5.78 Å². The van der Waals surface area contributed by atoms with Crippen LogP contribution in [-0.4, -0.2) is 29.7 Å². The summed E-state index contributed by atoms with van der Waals surface area (Å²) in [5, 5.41) is 0.654. The molecule has 1 aromatic carbocycles. The molecule has 1 unspecified atom stereocenters. The summed E-state index contributed by atoms with van der Waals surface area (Å²) in [6.07, 6.45) is 1.41. The highest BCUT2D eigenvalue weighted by atomic mass is 35.5. The van der Waals surface area contributed by atoms with Crippen molar-refractivity contribution < 1.29 is 9.53 Å². The molecule has 0 aliphatic heterocycles. The molecule has 0 spiro atoms. The number of hydrogen-bond acceptors (Lipinski definition) is 4. The van der Waals surface area contributed by atoms with Gasteiger partial charge in [0.25, 0.3) is 0 Å². The Bertz CT molecular complexity index is 551. The van der Waals surface area contributed by atoms with Crippen LogP contribution in [0.5, 0.6) is 0 Å². The molecule has 0 radical (unpaired) electrons. The molecule has 0 amide bonds. The zero-order valence-corrected chi connectivity index (χ0v) is 19.0. The van der Waals surface area contributed by atoms with E-state index in [2.05, 4.69) is 20.8 Å². The molecule has 140 valence electrons. The van der Waals surface area contributed by atoms with Crippen molar-refractivity contribution in [2.75, 3.05) is 6.61 Å². The SMILES string of the molecule is CCOC(=S)SC(CCC(=O)c1ccc(Cl)cc1)[Si](CC)(CC)CC. The summed E-state index contributed by atoms with van der Waals surface area (Å²) >= 11 is 13.0. The maximum Gasteiger partial charge on any atom is 0.219 e. The van der Waals surface area contributed by atoms with Gasteiger partial charge in [-0.25, -0.2) is 0 Å². The van der Waals surface area contributed by atoms with Crippen LogP contribution in [0.1, 0.15) is 50.9 Å². The van der Waals surface area contributed by atoms with E-state index in [1.54, 1.807) is 23.9 Å². The average Bonchev–Trinajstić information content (AvgIpc) is 2.61. The fourth-order valence-corrected chi connectivity index (χ4v) is 11.2. The summed E-state index contributed by atoms with van der Waals surface area (Å²) in [5.74, 6) is 0.177. The minimum Gasteiger partial charge on any atom is -0.479 e. The van der Waals surface area contributed by atoms with E-state index in [-0.39, 0.29) is 5.78 Å². The van der Waals surface area contributed by atoms with Crippen molar-refractivity contribution >= 4 is 53.8 Å². The number of rotatable bonds is 10. The van der Waals surface area contributed by atoms with Crippen molar-refractivity contribution in [3.63, 3.8) is 0 Å². The maximum atomic E-state index is 12.6. The van der Waals surface area contributed by atoms with Gasteiger partial charge >= 0.3 is 0 Å². The minimum atomic E-state index is -1.49. The Labute approximate surface area is 168 Å². The Kier molecular flexibility index (Phi) is 10.3. The monoisotopic (exact) mass is 416 g/mol. The van der Waals surface area contributed by atoms with Gasteiger partial charge in [0, 0.05) is 21.9 Å². The smallest absolute Gasteiger partial charge is 0.219 e. The Morgan fingerprint density at radius 1 is 1.16 bits per heavy atom. The van der Waals surface area contributed by atoms with Gasteiger partial charge in [-0.2, -0.15) is 0 Å². The fraction of sp³-hybridized carbons (Fsp3) is 0.579. The molecular formula is C19H29ClO2S2Si. The van der Waals surface area contributed by atoms with Gasteiger partial charge < -0.3 is 4.74 Å². The zero-order valence-electron chi connectivity index (χ0n) is 15.6. The van der Waals surface area contributed by atoms with E-state index >= 15 is 0 Å². The highest BCUT2D eigenvalue weighted by Gasteiger charge is 2.37. The van der Waals surface area contributed by atoms with E-state index in [9.17, 15) is 4.79 Å². The number of benzene rings is 1. The van der Waals surface area contributed by atoms with E-state index in [0.717, 1.165) is 12.0 Å². The molecule has 1 aromatic rings. The summed E-state index contributed by atoms with van der Waals surface area (Å²) in [6, 6.07) is 10.8. The predicted molar refractivity (Wildman–Crippen MR) is 118 cm³/mol. The van der Waals surface area contributed by atoms with Crippen LogP contribution >= 0.6 is 35.6 Å². The zero-order chi connectivity index (χ0) is 18.9. The quantitative estimate of drug-likeness (QED) is 0.238. The van der Waals surface area contributed by atoms with Crippen LogP contribution in [0.25, 0.3) is 0 Å². The van der Waals surface area contributed by atoms with Crippen molar-refractivity contribution in [2.45, 2.75) is 63.5 Å². The van der Waals surface area contributed by atoms with Gasteiger partial charge in [0.1, 0.15) is 0 Å². The van der Waals surface area contributed by atoms with Crippen LogP contribution in [0.3, 0.4) is 0 Å². The Morgan fingerprint density at radius 3 is 2.20 bits per heavy atom. The maximum absolute atomic E-state index is 12.6. The highest BCUT2D eigenvalue weighted by molar-refractivity contribution is 8.24. The van der Waals surface area contributed by atoms with E-state index in [0.29, 0.717) is 27.3 Å². The molecule has 0 bridgehead atoms. The molecule has 0 saturated carbocycles. The number of thiocarbonyl (C=S) groups is 1. The highest BCUT2D eigenvalue weighted by Crippen LogP contribution is 2.36. The summed E-state index contributed by atoms with van der Waals surface area (Å²) in [4.78, 5) is 13.0. The number of thioether (sulfide) groups is 1. The Balaban J connectivity index is 2.86. The third kappa shape index (κ3) is 6.70. The molecule has 0 N–H and O–H groups in total. The van der Waals surface area contributed by atoms with Crippen LogP contribution in [-0.2, 0) is 4.74 Å². The second-order valence-corrected chi connectivity index (χ2v) is 14.4. The number of halogens is 1. The molecule has 2 nitrogen and oxygen atoms in total. The van der Waals surface area contributed by atoms with Crippen LogP contribution in [0.2, 0.25) is 23.2 Å². The number of ether oxygens (including phenoxy) is 1. The topological polar surface area (TPSA) is 26.3 Å². The average molecular weight is 417 g/mol. The molecule has 0 aromatic heterocycles. The number of Topliss-reactive ketones (excluding diaryl/α,β-unsaturated/α-hetero) is 1. The number of hydrogen-bond donors (Lipinski definition) is 0. The lowest BCUT2D eigenvalue weighted by molar-refractivity contribution is 0.0981. The normalized spacial score (nSPS) is 12.7. The van der Waals surface area contributed by atoms with Gasteiger partial charge in [-0.15, -0.1) is 0 Å². The molecule has 1 atom stereocenters. The molecule has 0 heterocycles. The second-order valence-electron chi connectivity index (χ2n) is 6.18. The van der Waals surface area contributed by atoms with Gasteiger partial charge in [-0.1, -0.05) is 62.3 Å². The molecule has 0 fully saturated rings. The first-order valence-electron chi connectivity index (χ1n) is 9.04. The van der Waals surface area contributed by atoms with E-state index in [1.165, 1.54) is 18.1 Å². The molecule has 0 aliphatic rings. The lowest BCUT2D eigenvalue weighted by Crippen LogP contribution is -2.44. The summed E-state index contributed by atoms with van der Waals surface area (Å²) in [5.41, 5.74) is 0.734. The van der Waals surface area contributed by atoms with Crippen molar-refractivity contribution in [3.05, 3.63) is 34.9 Å². The standard InChI is InChI=1S/C19H29ClO2S2Si/c1-5-22-19(23)24-18(25(6-2,7-3)8-4)14-13-17(21)15-9-11-16(20)12-10-15/h9-12,18H,5-8,13-14H2,1-4H3. The van der Waals surface area contributed by atoms with Crippen molar-refractivity contribution in [1.29, 1.82) is 0 Å². The van der Waals surface area contributed by atoms with Gasteiger partial charge in [-0.05, 0) is 49.8 Å². The first-order valence-corrected chi connectivity index (χ1v) is 13.4. The third-order valence-corrected chi connectivity index (χ3v) is 14.3. The fourth-order valence-electron chi connectivity index (χ4n) is 3.23. The molecule has 25 heavy (non-hydrogen) atoms. The van der Waals surface area contributed by atoms with Gasteiger partial charge in [-0.3, -0.25) is 4.79 Å². The first-order chi connectivity index (χ1) is 11.9. The second kappa shape index (κ2) is 11.4. The number of carbonyl (C=O) groups excluding carboxylic acids is 1. The third-order valence-electron chi connectivity index (χ3n) is 5.10. The summed E-state index contributed by atoms with van der Waals surface area (Å²) in [6.45, 7) is 9.42. The lowest BCUT2D eigenvalue weighted by atomic mass is 10.1. The van der Waals surface area contributed by atoms with E-state index in [1.807, 2.05) is 19.1 Å². The van der Waals surface area contributed by atoms with E-state index < -0.39 is 8.07 Å². The molecule has 0 saturated heterocycles. The van der Waals surface area contributed by atoms with Crippen molar-refractivity contribution in [2.24, 2.45) is 0 Å². The van der Waals surface area contributed by atoms with Crippen LogP contribution in [0.15, 0.2) is 24.3 Å². The first kappa shape index (κ1) is 22.7. The molecule has 6 heteroatoms. The van der Waals surface area contributed by atoms with Crippen LogP contribution in [0.4, 0.5) is 0 Å². The largest absolute Gasteiger partial charge is 0.479 e. The molecular weight excluding hydrogens is 388 g/mol. The number of carbonyl (C=O) groups is 1. The number of ketones is 1. The van der Waals surface area contributed by atoms with Crippen molar-refractivity contribution in [1.82, 2.24) is 0 Å². The van der Waals surface area contributed by atoms with E-state index in [4.69, 9.17) is 28.6 Å². The van der Waals surface area contributed by atoms with Crippen LogP contribution < -0.4 is 0 Å². The molecule has 1 rings (SSSR count). The van der Waals surface area contributed by atoms with Gasteiger partial charge in [0.2, 0.25) is 4.38 Å². The Morgan fingerprint density at radius 2 is 1.72 bits per heavy atom. The minimum absolute atomic E-state index is 0.177. The lowest BCUT2D eigenvalue weighted by Gasteiger charge is -2.36. The van der Waals surface area contributed by atoms with Crippen LogP contribution in [0, 0.1) is 0 Å². The summed E-state index contributed by atoms with van der Waals surface area (Å²) in [7, 11) is -1.49. The molecule has 0 aliphatic carbocycles. The predicted octanol–water partition coefficient (Wildman–Crippen LogP) is 6.77. The summed E-state index contributed by atoms with van der Waals surface area (Å²) < 4.78 is 6.15. The van der Waals surface area contributed by atoms with Gasteiger partial charge in [0.05, 0.1) is 14.7 Å².